The highest BCUT2D eigenvalue weighted by Gasteiger charge is 1.64. The molecule has 0 bridgehead atoms. The van der Waals surface area contributed by atoms with E-state index in [-0.39, 0.29) is 14.1 Å². The Bertz CT molecular complexity index is 110. The zero-order chi connectivity index (χ0) is 10.6. The SMILES string of the molecule is CC=[N+](C)C.CC=[NH2+].C[NH+](C)C.[F-].[F-].[F-]. The molecular weight excluding hydrogens is 207 g/mol. The summed E-state index contributed by atoms with van der Waals surface area (Å²) in [6.07, 6.45) is 3.50. The van der Waals surface area contributed by atoms with Crippen molar-refractivity contribution >= 4 is 12.4 Å². The summed E-state index contributed by atoms with van der Waals surface area (Å²) in [6, 6.07) is 0. The van der Waals surface area contributed by atoms with E-state index in [1.54, 1.807) is 6.92 Å². The molecule has 6 heteroatoms. The number of nitrogens with one attached hydrogen (secondary N) is 1. The van der Waals surface area contributed by atoms with Crippen molar-refractivity contribution in [2.75, 3.05) is 35.2 Å². The molecule has 0 heterocycles. The van der Waals surface area contributed by atoms with E-state index in [1.165, 1.54) is 11.1 Å². The predicted octanol–water partition coefficient (Wildman–Crippen LogP) is -11.0. The highest BCUT2D eigenvalue weighted by atomic mass is 19.0. The third-order valence-corrected chi connectivity index (χ3v) is 0.516. The van der Waals surface area contributed by atoms with Crippen molar-refractivity contribution in [3.05, 3.63) is 0 Å². The van der Waals surface area contributed by atoms with Crippen LogP contribution in [0.4, 0.5) is 0 Å². The molecule has 0 aliphatic carbocycles. The number of halogens is 3. The summed E-state index contributed by atoms with van der Waals surface area (Å²) in [6.45, 7) is 3.78. The minimum atomic E-state index is 0. The summed E-state index contributed by atoms with van der Waals surface area (Å²) in [5, 5.41) is 4.72. The molecule has 15 heavy (non-hydrogen) atoms. The largest absolute Gasteiger partial charge is 1.00 e. The molecule has 0 aromatic rings. The number of nitrogens with zero attached hydrogens (tertiary/aromatic N) is 1. The maximum atomic E-state index is 4.72. The summed E-state index contributed by atoms with van der Waals surface area (Å²) in [5.41, 5.74) is 0. The van der Waals surface area contributed by atoms with E-state index in [2.05, 4.69) is 21.1 Å². The van der Waals surface area contributed by atoms with Crippen molar-refractivity contribution in [2.24, 2.45) is 0 Å². The Morgan fingerprint density at radius 1 is 0.933 bits per heavy atom. The first-order valence-corrected chi connectivity index (χ1v) is 4.14. The van der Waals surface area contributed by atoms with Crippen molar-refractivity contribution in [2.45, 2.75) is 13.8 Å². The van der Waals surface area contributed by atoms with Crippen LogP contribution < -0.4 is 24.4 Å². The summed E-state index contributed by atoms with van der Waals surface area (Å²) >= 11 is 0. The number of nitrogens with two attached hydrogens (primary N) is 1. The van der Waals surface area contributed by atoms with Crippen LogP contribution in [0.2, 0.25) is 0 Å². The molecule has 0 fully saturated rings. The van der Waals surface area contributed by atoms with Gasteiger partial charge in [-0.1, -0.05) is 0 Å². The summed E-state index contributed by atoms with van der Waals surface area (Å²) < 4.78 is 2.00. The van der Waals surface area contributed by atoms with E-state index in [0.29, 0.717) is 0 Å². The van der Waals surface area contributed by atoms with Crippen molar-refractivity contribution in [3.63, 3.8) is 0 Å². The van der Waals surface area contributed by atoms with Crippen LogP contribution in [0.1, 0.15) is 13.8 Å². The number of rotatable bonds is 0. The van der Waals surface area contributed by atoms with Crippen LogP contribution in [0.25, 0.3) is 0 Å². The minimum Gasteiger partial charge on any atom is -1.00 e. The highest BCUT2D eigenvalue weighted by Crippen LogP contribution is 1.43. The van der Waals surface area contributed by atoms with Crippen LogP contribution >= 0.6 is 0 Å². The van der Waals surface area contributed by atoms with E-state index in [0.717, 1.165) is 0 Å². The van der Waals surface area contributed by atoms with Crippen molar-refractivity contribution in [3.8, 4) is 0 Å². The molecule has 0 aromatic heterocycles. The lowest BCUT2D eigenvalue weighted by Crippen LogP contribution is -3.02. The van der Waals surface area contributed by atoms with Gasteiger partial charge in [-0.3, -0.25) is 5.41 Å². The lowest BCUT2D eigenvalue weighted by atomic mass is 10.8. The number of hydrogen-bond donors (Lipinski definition) is 2. The lowest BCUT2D eigenvalue weighted by Gasteiger charge is -1.88. The van der Waals surface area contributed by atoms with E-state index in [4.69, 9.17) is 5.41 Å². The molecule has 0 saturated carbocycles. The molecule has 3 N–H and O–H groups in total. The fourth-order valence-electron chi connectivity index (χ4n) is 0. The maximum absolute atomic E-state index is 4.72. The average molecular weight is 233 g/mol. The Morgan fingerprint density at radius 2 is 1.00 bits per heavy atom. The zero-order valence-electron chi connectivity index (χ0n) is 10.8. The van der Waals surface area contributed by atoms with Gasteiger partial charge in [-0.2, -0.15) is 0 Å². The molecule has 0 spiro atoms. The van der Waals surface area contributed by atoms with E-state index in [1.807, 2.05) is 31.8 Å². The maximum Gasteiger partial charge on any atom is 0.136 e. The molecular formula is C9H26F3N3. The molecule has 0 amide bonds. The molecule has 0 unspecified atom stereocenters. The van der Waals surface area contributed by atoms with Crippen LogP contribution in [0.3, 0.4) is 0 Å². The van der Waals surface area contributed by atoms with Gasteiger partial charge in [0.15, 0.2) is 0 Å². The molecule has 0 atom stereocenters. The summed E-state index contributed by atoms with van der Waals surface area (Å²) in [5.74, 6) is 0. The monoisotopic (exact) mass is 233 g/mol. The Balaban J connectivity index is -0.0000000189. The highest BCUT2D eigenvalue weighted by molar-refractivity contribution is 5.46. The predicted molar refractivity (Wildman–Crippen MR) is 56.2 cm³/mol. The Morgan fingerprint density at radius 3 is 1.00 bits per heavy atom. The topological polar surface area (TPSA) is 33.0 Å². The Hall–Kier alpha value is -0.910. The van der Waals surface area contributed by atoms with Crippen LogP contribution in [-0.2, 0) is 0 Å². The number of quaternary nitrogens is 1. The molecule has 3 nitrogen and oxygen atoms in total. The fraction of sp³-hybridized carbons (Fsp3) is 0.778. The molecule has 0 rings (SSSR count). The van der Waals surface area contributed by atoms with Gasteiger partial charge in [0.05, 0.1) is 21.1 Å². The van der Waals surface area contributed by atoms with Gasteiger partial charge in [0, 0.05) is 13.8 Å². The van der Waals surface area contributed by atoms with Crippen LogP contribution in [0.5, 0.6) is 0 Å². The van der Waals surface area contributed by atoms with Crippen LogP contribution in [0.15, 0.2) is 0 Å². The summed E-state index contributed by atoms with van der Waals surface area (Å²) in [7, 11) is 10.3. The smallest absolute Gasteiger partial charge is 0.136 e. The molecule has 98 valence electrons. The fourth-order valence-corrected chi connectivity index (χ4v) is 0. The number of hydrogen-bond acceptors (Lipinski definition) is 0. The van der Waals surface area contributed by atoms with E-state index < -0.39 is 0 Å². The molecule has 0 saturated heterocycles. The molecule has 0 aromatic carbocycles. The minimum absolute atomic E-state index is 0. The van der Waals surface area contributed by atoms with Crippen molar-refractivity contribution < 1.29 is 29.0 Å². The van der Waals surface area contributed by atoms with Gasteiger partial charge in [-0.05, 0) is 0 Å². The second-order valence-corrected chi connectivity index (χ2v) is 3.06. The first-order valence-electron chi connectivity index (χ1n) is 4.14. The third-order valence-electron chi connectivity index (χ3n) is 0.516. The lowest BCUT2D eigenvalue weighted by molar-refractivity contribution is -0.836. The quantitative estimate of drug-likeness (QED) is 0.308. The molecule has 0 aliphatic rings. The van der Waals surface area contributed by atoms with Crippen LogP contribution in [-0.4, -0.2) is 52.2 Å². The Kier molecular flexibility index (Phi) is 93.6. The van der Waals surface area contributed by atoms with E-state index in [9.17, 15) is 0 Å². The Labute approximate surface area is 91.4 Å². The van der Waals surface area contributed by atoms with Crippen molar-refractivity contribution in [1.82, 2.24) is 0 Å². The second kappa shape index (κ2) is 38.1. The van der Waals surface area contributed by atoms with E-state index >= 15 is 0 Å². The van der Waals surface area contributed by atoms with Gasteiger partial charge in [-0.15, -0.1) is 0 Å². The van der Waals surface area contributed by atoms with Gasteiger partial charge < -0.3 is 19.0 Å². The second-order valence-electron chi connectivity index (χ2n) is 3.06. The standard InChI is InChI=1S/C4H10N.C3H9N.C2H5N.3FH/c1-4-5(2)3;1-4(2)3;1-2-3;;;/h4H,1-3H3;1-3H3;2-3H,1H3;3*1H/q+1;;;;;/p-1. The van der Waals surface area contributed by atoms with Gasteiger partial charge in [0.25, 0.3) is 0 Å². The third kappa shape index (κ3) is 1360. The molecule has 0 aliphatic heterocycles. The van der Waals surface area contributed by atoms with Crippen LogP contribution in [0, 0.1) is 0 Å². The zero-order valence-corrected chi connectivity index (χ0v) is 10.8. The first-order chi connectivity index (χ1) is 5.42. The van der Waals surface area contributed by atoms with Gasteiger partial charge in [-0.25, -0.2) is 4.58 Å². The molecule has 0 radical (unpaired) electrons. The first kappa shape index (κ1) is 36.9. The van der Waals surface area contributed by atoms with Gasteiger partial charge in [0.2, 0.25) is 0 Å². The van der Waals surface area contributed by atoms with Gasteiger partial charge >= 0.3 is 0 Å². The van der Waals surface area contributed by atoms with Gasteiger partial charge in [0.1, 0.15) is 26.5 Å². The average Bonchev–Trinajstić information content (AvgIpc) is 1.88. The summed E-state index contributed by atoms with van der Waals surface area (Å²) in [4.78, 5) is 1.42. The normalized spacial score (nSPS) is 5.60. The van der Waals surface area contributed by atoms with Crippen molar-refractivity contribution in [1.29, 1.82) is 0 Å².